The minimum atomic E-state index is -0.773. The molecule has 0 fully saturated rings. The van der Waals surface area contributed by atoms with Crippen LogP contribution in [-0.2, 0) is 4.79 Å². The standard InChI is InChI=1S/C14H27NO2/c1-4-7-10-15(11-8-5-2)12-13(9-6-3)14(16)17/h12H,4-11H2,1-3H3,(H,16,17). The summed E-state index contributed by atoms with van der Waals surface area (Å²) in [5.41, 5.74) is 0.541. The van der Waals surface area contributed by atoms with Gasteiger partial charge < -0.3 is 10.0 Å². The third-order valence-electron chi connectivity index (χ3n) is 2.73. The second-order valence-corrected chi connectivity index (χ2v) is 4.45. The van der Waals surface area contributed by atoms with E-state index in [0.717, 1.165) is 45.2 Å². The van der Waals surface area contributed by atoms with Gasteiger partial charge in [0.25, 0.3) is 0 Å². The minimum Gasteiger partial charge on any atom is -0.478 e. The van der Waals surface area contributed by atoms with Crippen molar-refractivity contribution in [3.8, 4) is 0 Å². The predicted molar refractivity (Wildman–Crippen MR) is 72.0 cm³/mol. The Morgan fingerprint density at radius 3 is 1.94 bits per heavy atom. The van der Waals surface area contributed by atoms with E-state index < -0.39 is 5.97 Å². The summed E-state index contributed by atoms with van der Waals surface area (Å²) in [5.74, 6) is -0.773. The van der Waals surface area contributed by atoms with Gasteiger partial charge in [-0.15, -0.1) is 0 Å². The monoisotopic (exact) mass is 241 g/mol. The van der Waals surface area contributed by atoms with Crippen molar-refractivity contribution in [1.82, 2.24) is 4.90 Å². The zero-order chi connectivity index (χ0) is 13.1. The quantitative estimate of drug-likeness (QED) is 0.593. The highest BCUT2D eigenvalue weighted by atomic mass is 16.4. The molecule has 3 nitrogen and oxygen atoms in total. The van der Waals surface area contributed by atoms with Gasteiger partial charge in [0.2, 0.25) is 0 Å². The van der Waals surface area contributed by atoms with E-state index >= 15 is 0 Å². The molecule has 0 aromatic heterocycles. The van der Waals surface area contributed by atoms with Gasteiger partial charge in [-0.1, -0.05) is 40.0 Å². The zero-order valence-electron chi connectivity index (χ0n) is 11.5. The molecule has 17 heavy (non-hydrogen) atoms. The van der Waals surface area contributed by atoms with Crippen LogP contribution < -0.4 is 0 Å². The van der Waals surface area contributed by atoms with Gasteiger partial charge in [-0.25, -0.2) is 4.79 Å². The van der Waals surface area contributed by atoms with Gasteiger partial charge in [-0.2, -0.15) is 0 Å². The number of unbranched alkanes of at least 4 members (excludes halogenated alkanes) is 2. The molecule has 3 heteroatoms. The van der Waals surface area contributed by atoms with Crippen LogP contribution in [0.5, 0.6) is 0 Å². The Balaban J connectivity index is 4.50. The molecule has 0 atom stereocenters. The lowest BCUT2D eigenvalue weighted by Gasteiger charge is -2.21. The molecule has 0 aliphatic rings. The Morgan fingerprint density at radius 1 is 1.06 bits per heavy atom. The highest BCUT2D eigenvalue weighted by Gasteiger charge is 2.08. The van der Waals surface area contributed by atoms with Crippen LogP contribution in [0, 0.1) is 0 Å². The summed E-state index contributed by atoms with van der Waals surface area (Å²) < 4.78 is 0. The van der Waals surface area contributed by atoms with Crippen LogP contribution >= 0.6 is 0 Å². The Morgan fingerprint density at radius 2 is 1.59 bits per heavy atom. The second-order valence-electron chi connectivity index (χ2n) is 4.45. The molecule has 0 aliphatic carbocycles. The number of hydrogen-bond acceptors (Lipinski definition) is 2. The van der Waals surface area contributed by atoms with E-state index in [9.17, 15) is 4.79 Å². The SMILES string of the molecule is CCCCN(C=C(CCC)C(=O)O)CCCC. The van der Waals surface area contributed by atoms with Gasteiger partial charge in [0.1, 0.15) is 0 Å². The molecule has 0 radical (unpaired) electrons. The van der Waals surface area contributed by atoms with Crippen molar-refractivity contribution in [2.24, 2.45) is 0 Å². The number of carboxylic acid groups (broad SMARTS) is 1. The summed E-state index contributed by atoms with van der Waals surface area (Å²) in [6.07, 6.45) is 7.94. The van der Waals surface area contributed by atoms with Crippen molar-refractivity contribution in [2.75, 3.05) is 13.1 Å². The second kappa shape index (κ2) is 10.2. The molecule has 0 aliphatic heterocycles. The maximum Gasteiger partial charge on any atom is 0.333 e. The highest BCUT2D eigenvalue weighted by molar-refractivity contribution is 5.86. The van der Waals surface area contributed by atoms with E-state index in [0.29, 0.717) is 12.0 Å². The molecule has 0 aromatic carbocycles. The van der Waals surface area contributed by atoms with Crippen LogP contribution in [0.2, 0.25) is 0 Å². The Bertz CT molecular complexity index is 228. The Hall–Kier alpha value is -0.990. The summed E-state index contributed by atoms with van der Waals surface area (Å²) in [4.78, 5) is 13.3. The third kappa shape index (κ3) is 7.83. The van der Waals surface area contributed by atoms with Gasteiger partial charge in [0.05, 0.1) is 5.57 Å². The number of rotatable bonds is 10. The maximum absolute atomic E-state index is 11.1. The van der Waals surface area contributed by atoms with Crippen LogP contribution in [0.4, 0.5) is 0 Å². The first-order valence-electron chi connectivity index (χ1n) is 6.83. The molecule has 0 rings (SSSR count). The summed E-state index contributed by atoms with van der Waals surface area (Å²) in [6, 6.07) is 0. The molecule has 0 saturated carbocycles. The smallest absolute Gasteiger partial charge is 0.333 e. The van der Waals surface area contributed by atoms with E-state index in [-0.39, 0.29) is 0 Å². The predicted octanol–water partition coefficient (Wildman–Crippen LogP) is 3.66. The van der Waals surface area contributed by atoms with Crippen LogP contribution in [-0.4, -0.2) is 29.1 Å². The number of carboxylic acids is 1. The zero-order valence-corrected chi connectivity index (χ0v) is 11.5. The Labute approximate surface area is 106 Å². The molecule has 0 heterocycles. The van der Waals surface area contributed by atoms with Gasteiger partial charge >= 0.3 is 5.97 Å². The molecular weight excluding hydrogens is 214 g/mol. The molecular formula is C14H27NO2. The summed E-state index contributed by atoms with van der Waals surface area (Å²) in [6.45, 7) is 8.27. The van der Waals surface area contributed by atoms with Crippen LogP contribution in [0.15, 0.2) is 11.8 Å². The molecule has 0 unspecified atom stereocenters. The van der Waals surface area contributed by atoms with Crippen molar-refractivity contribution in [3.05, 3.63) is 11.8 Å². The van der Waals surface area contributed by atoms with E-state index in [1.54, 1.807) is 0 Å². The molecule has 0 amide bonds. The van der Waals surface area contributed by atoms with E-state index in [1.165, 1.54) is 0 Å². The van der Waals surface area contributed by atoms with Crippen LogP contribution in [0.25, 0.3) is 0 Å². The maximum atomic E-state index is 11.1. The lowest BCUT2D eigenvalue weighted by Crippen LogP contribution is -2.22. The fourth-order valence-electron chi connectivity index (χ4n) is 1.68. The van der Waals surface area contributed by atoms with Crippen molar-refractivity contribution in [1.29, 1.82) is 0 Å². The minimum absolute atomic E-state index is 0.541. The van der Waals surface area contributed by atoms with Crippen molar-refractivity contribution < 1.29 is 9.90 Å². The molecule has 0 saturated heterocycles. The van der Waals surface area contributed by atoms with E-state index in [1.807, 2.05) is 13.1 Å². The first-order chi connectivity index (χ1) is 8.15. The number of carbonyl (C=O) groups is 1. The van der Waals surface area contributed by atoms with Crippen molar-refractivity contribution in [2.45, 2.75) is 59.3 Å². The van der Waals surface area contributed by atoms with Gasteiger partial charge in [-0.3, -0.25) is 0 Å². The fourth-order valence-corrected chi connectivity index (χ4v) is 1.68. The highest BCUT2D eigenvalue weighted by Crippen LogP contribution is 2.09. The fraction of sp³-hybridized carbons (Fsp3) is 0.786. The first-order valence-corrected chi connectivity index (χ1v) is 6.83. The van der Waals surface area contributed by atoms with Gasteiger partial charge in [-0.05, 0) is 19.3 Å². The molecule has 1 N–H and O–H groups in total. The van der Waals surface area contributed by atoms with Crippen molar-refractivity contribution >= 4 is 5.97 Å². The topological polar surface area (TPSA) is 40.5 Å². The van der Waals surface area contributed by atoms with Crippen LogP contribution in [0.1, 0.15) is 59.3 Å². The van der Waals surface area contributed by atoms with Crippen LogP contribution in [0.3, 0.4) is 0 Å². The van der Waals surface area contributed by atoms with Crippen molar-refractivity contribution in [3.63, 3.8) is 0 Å². The van der Waals surface area contributed by atoms with Gasteiger partial charge in [0, 0.05) is 19.3 Å². The molecule has 0 bridgehead atoms. The average Bonchev–Trinajstić information content (AvgIpc) is 2.31. The number of nitrogens with zero attached hydrogens (tertiary/aromatic N) is 1. The Kier molecular flexibility index (Phi) is 9.59. The largest absolute Gasteiger partial charge is 0.478 e. The number of aliphatic carboxylic acids is 1. The molecule has 0 aromatic rings. The first kappa shape index (κ1) is 16.0. The van der Waals surface area contributed by atoms with E-state index in [2.05, 4.69) is 18.7 Å². The van der Waals surface area contributed by atoms with Gasteiger partial charge in [0.15, 0.2) is 0 Å². The summed E-state index contributed by atoms with van der Waals surface area (Å²) >= 11 is 0. The lowest BCUT2D eigenvalue weighted by molar-refractivity contribution is -0.132. The molecule has 0 spiro atoms. The van der Waals surface area contributed by atoms with E-state index in [4.69, 9.17) is 5.11 Å². The number of hydrogen-bond donors (Lipinski definition) is 1. The average molecular weight is 241 g/mol. The molecule has 100 valence electrons. The lowest BCUT2D eigenvalue weighted by atomic mass is 10.1. The summed E-state index contributed by atoms with van der Waals surface area (Å²) in [7, 11) is 0. The summed E-state index contributed by atoms with van der Waals surface area (Å²) in [5, 5.41) is 9.11. The third-order valence-corrected chi connectivity index (χ3v) is 2.73. The normalized spacial score (nSPS) is 11.6.